The summed E-state index contributed by atoms with van der Waals surface area (Å²) in [4.78, 5) is 0. The number of hydrogen-bond acceptors (Lipinski definition) is 5. The van der Waals surface area contributed by atoms with Gasteiger partial charge in [0.05, 0.1) is 31.0 Å². The predicted molar refractivity (Wildman–Crippen MR) is 67.1 cm³/mol. The number of benzene rings is 1. The first kappa shape index (κ1) is 13.8. The van der Waals surface area contributed by atoms with Crippen molar-refractivity contribution in [3.63, 3.8) is 0 Å². The average Bonchev–Trinajstić information content (AvgIpc) is 2.38. The number of nitrogens with zero attached hydrogens (tertiary/aromatic N) is 1. The van der Waals surface area contributed by atoms with Crippen molar-refractivity contribution in [2.45, 2.75) is 6.10 Å². The highest BCUT2D eigenvalue weighted by atomic mass is 32.2. The fraction of sp³-hybridized carbons (Fsp3) is 0.417. The Balaban J connectivity index is 2.16. The summed E-state index contributed by atoms with van der Waals surface area (Å²) < 4.78 is 5.45. The zero-order chi connectivity index (χ0) is 12.5. The second-order valence-corrected chi connectivity index (χ2v) is 4.55. The van der Waals surface area contributed by atoms with Crippen molar-refractivity contribution in [1.29, 1.82) is 5.26 Å². The molecule has 1 unspecified atom stereocenters. The summed E-state index contributed by atoms with van der Waals surface area (Å²) in [7, 11) is 0. The minimum Gasteiger partial charge on any atom is -0.493 e. The van der Waals surface area contributed by atoms with Gasteiger partial charge in [-0.1, -0.05) is 0 Å². The molecule has 4 nitrogen and oxygen atoms in total. The number of thioether (sulfide) groups is 1. The first-order chi connectivity index (χ1) is 8.26. The molecule has 0 radical (unpaired) electrons. The number of rotatable bonds is 7. The van der Waals surface area contributed by atoms with Gasteiger partial charge in [0.2, 0.25) is 0 Å². The van der Waals surface area contributed by atoms with Gasteiger partial charge in [0, 0.05) is 11.5 Å². The molecule has 1 rings (SSSR count). The Bertz CT molecular complexity index is 361. The van der Waals surface area contributed by atoms with Crippen molar-refractivity contribution >= 4 is 11.8 Å². The van der Waals surface area contributed by atoms with Crippen LogP contribution in [0.5, 0.6) is 5.75 Å². The third-order valence-electron chi connectivity index (χ3n) is 2.00. The SMILES string of the molecule is N#Cc1ccc(OCCSCC(O)CO)cc1. The summed E-state index contributed by atoms with van der Waals surface area (Å²) in [6, 6.07) is 8.96. The molecule has 5 heteroatoms. The van der Waals surface area contributed by atoms with Gasteiger partial charge in [0.15, 0.2) is 0 Å². The molecule has 0 aliphatic carbocycles. The second-order valence-electron chi connectivity index (χ2n) is 3.40. The van der Waals surface area contributed by atoms with Gasteiger partial charge in [-0.3, -0.25) is 0 Å². The first-order valence-electron chi connectivity index (χ1n) is 5.26. The Kier molecular flexibility index (Phi) is 6.48. The predicted octanol–water partition coefficient (Wildman–Crippen LogP) is 1.02. The van der Waals surface area contributed by atoms with E-state index in [4.69, 9.17) is 20.2 Å². The van der Waals surface area contributed by atoms with Gasteiger partial charge in [-0.15, -0.1) is 0 Å². The third kappa shape index (κ3) is 5.59. The van der Waals surface area contributed by atoms with Gasteiger partial charge in [0.25, 0.3) is 0 Å². The van der Waals surface area contributed by atoms with Crippen LogP contribution in [-0.2, 0) is 0 Å². The number of hydrogen-bond donors (Lipinski definition) is 2. The van der Waals surface area contributed by atoms with Gasteiger partial charge in [-0.2, -0.15) is 17.0 Å². The lowest BCUT2D eigenvalue weighted by Gasteiger charge is -2.08. The Morgan fingerprint density at radius 2 is 2.06 bits per heavy atom. The van der Waals surface area contributed by atoms with E-state index in [0.717, 1.165) is 11.5 Å². The molecule has 1 aromatic rings. The highest BCUT2D eigenvalue weighted by Crippen LogP contribution is 2.12. The zero-order valence-corrected chi connectivity index (χ0v) is 10.2. The minimum absolute atomic E-state index is 0.205. The summed E-state index contributed by atoms with van der Waals surface area (Å²) in [5, 5.41) is 26.3. The van der Waals surface area contributed by atoms with Crippen molar-refractivity contribution in [3.8, 4) is 11.8 Å². The number of nitriles is 1. The van der Waals surface area contributed by atoms with Crippen LogP contribution in [0.1, 0.15) is 5.56 Å². The molecular formula is C12H15NO3S. The number of aliphatic hydroxyl groups is 2. The quantitative estimate of drug-likeness (QED) is 0.710. The van der Waals surface area contributed by atoms with E-state index in [1.165, 1.54) is 11.8 Å². The largest absolute Gasteiger partial charge is 0.493 e. The van der Waals surface area contributed by atoms with E-state index < -0.39 is 6.10 Å². The maximum absolute atomic E-state index is 9.09. The number of aliphatic hydroxyl groups excluding tert-OH is 2. The maximum atomic E-state index is 9.09. The van der Waals surface area contributed by atoms with E-state index in [0.29, 0.717) is 17.9 Å². The molecular weight excluding hydrogens is 238 g/mol. The Morgan fingerprint density at radius 3 is 2.65 bits per heavy atom. The zero-order valence-electron chi connectivity index (χ0n) is 9.37. The van der Waals surface area contributed by atoms with E-state index in [9.17, 15) is 0 Å². The van der Waals surface area contributed by atoms with Gasteiger partial charge >= 0.3 is 0 Å². The van der Waals surface area contributed by atoms with Crippen LogP contribution in [0, 0.1) is 11.3 Å². The Hall–Kier alpha value is -1.22. The van der Waals surface area contributed by atoms with Crippen molar-refractivity contribution in [3.05, 3.63) is 29.8 Å². The summed E-state index contributed by atoms with van der Waals surface area (Å²) in [5.74, 6) is 1.98. The molecule has 0 amide bonds. The third-order valence-corrected chi connectivity index (χ3v) is 3.08. The Labute approximate surface area is 105 Å². The normalized spacial score (nSPS) is 11.8. The standard InChI is InChI=1S/C12H15NO3S/c13-7-10-1-3-12(4-2-10)16-5-6-17-9-11(15)8-14/h1-4,11,14-15H,5-6,8-9H2. The second kappa shape index (κ2) is 7.96. The molecule has 0 aromatic heterocycles. The van der Waals surface area contributed by atoms with Crippen molar-refractivity contribution in [1.82, 2.24) is 0 Å². The van der Waals surface area contributed by atoms with E-state index >= 15 is 0 Å². The fourth-order valence-corrected chi connectivity index (χ4v) is 1.86. The van der Waals surface area contributed by atoms with Crippen molar-refractivity contribution in [2.24, 2.45) is 0 Å². The minimum atomic E-state index is -0.657. The van der Waals surface area contributed by atoms with Crippen molar-refractivity contribution in [2.75, 3.05) is 24.7 Å². The maximum Gasteiger partial charge on any atom is 0.119 e. The van der Waals surface area contributed by atoms with E-state index in [-0.39, 0.29) is 6.61 Å². The topological polar surface area (TPSA) is 73.5 Å². The van der Waals surface area contributed by atoms with E-state index in [2.05, 4.69) is 0 Å². The molecule has 0 fully saturated rings. The number of ether oxygens (including phenoxy) is 1. The van der Waals surface area contributed by atoms with Crippen LogP contribution in [0.15, 0.2) is 24.3 Å². The van der Waals surface area contributed by atoms with Crippen LogP contribution in [0.25, 0.3) is 0 Å². The first-order valence-corrected chi connectivity index (χ1v) is 6.41. The summed E-state index contributed by atoms with van der Waals surface area (Å²) in [5.41, 5.74) is 0.609. The van der Waals surface area contributed by atoms with E-state index in [1.54, 1.807) is 24.3 Å². The van der Waals surface area contributed by atoms with Crippen LogP contribution < -0.4 is 4.74 Å². The molecule has 0 aliphatic rings. The van der Waals surface area contributed by atoms with Crippen LogP contribution in [-0.4, -0.2) is 41.0 Å². The molecule has 1 aromatic carbocycles. The van der Waals surface area contributed by atoms with Gasteiger partial charge < -0.3 is 14.9 Å². The molecule has 92 valence electrons. The molecule has 0 saturated carbocycles. The monoisotopic (exact) mass is 253 g/mol. The molecule has 0 bridgehead atoms. The Morgan fingerprint density at radius 1 is 1.35 bits per heavy atom. The lowest BCUT2D eigenvalue weighted by atomic mass is 10.2. The smallest absolute Gasteiger partial charge is 0.119 e. The average molecular weight is 253 g/mol. The van der Waals surface area contributed by atoms with Crippen molar-refractivity contribution < 1.29 is 14.9 Å². The van der Waals surface area contributed by atoms with Gasteiger partial charge in [0.1, 0.15) is 5.75 Å². The van der Waals surface area contributed by atoms with Gasteiger partial charge in [-0.05, 0) is 24.3 Å². The summed E-state index contributed by atoms with van der Waals surface area (Å²) in [6.07, 6.45) is -0.657. The highest BCUT2D eigenvalue weighted by Gasteiger charge is 2.01. The lowest BCUT2D eigenvalue weighted by Crippen LogP contribution is -2.15. The summed E-state index contributed by atoms with van der Waals surface area (Å²) >= 11 is 1.53. The molecule has 2 N–H and O–H groups in total. The molecule has 1 atom stereocenters. The molecule has 0 heterocycles. The van der Waals surface area contributed by atoms with Gasteiger partial charge in [-0.25, -0.2) is 0 Å². The van der Waals surface area contributed by atoms with Crippen LogP contribution in [0.2, 0.25) is 0 Å². The molecule has 17 heavy (non-hydrogen) atoms. The lowest BCUT2D eigenvalue weighted by molar-refractivity contribution is 0.113. The summed E-state index contributed by atoms with van der Waals surface area (Å²) in [6.45, 7) is 0.332. The van der Waals surface area contributed by atoms with Crippen LogP contribution in [0.3, 0.4) is 0 Å². The van der Waals surface area contributed by atoms with Crippen LogP contribution in [0.4, 0.5) is 0 Å². The van der Waals surface area contributed by atoms with Crippen LogP contribution >= 0.6 is 11.8 Å². The molecule has 0 aliphatic heterocycles. The molecule has 0 spiro atoms. The van der Waals surface area contributed by atoms with E-state index in [1.807, 2.05) is 6.07 Å². The molecule has 0 saturated heterocycles. The highest BCUT2D eigenvalue weighted by molar-refractivity contribution is 7.99. The fourth-order valence-electron chi connectivity index (χ4n) is 1.12.